The van der Waals surface area contributed by atoms with Crippen LogP contribution >= 0.6 is 0 Å². The highest BCUT2D eigenvalue weighted by Gasteiger charge is 2.30. The highest BCUT2D eigenvalue weighted by Crippen LogP contribution is 2.39. The number of rotatable bonds is 16. The number of H-pyrrole nitrogens is 1. The molecule has 16 nitrogen and oxygen atoms in total. The first-order chi connectivity index (χ1) is 24.2. The van der Waals surface area contributed by atoms with Crippen molar-refractivity contribution in [3.63, 3.8) is 0 Å². The number of hydrogen-bond donors (Lipinski definition) is 1. The Hall–Kier alpha value is -4.71. The number of fused-ring (bicyclic) bond motifs is 2. The second-order valence-corrected chi connectivity index (χ2v) is 11.5. The zero-order valence-electron chi connectivity index (χ0n) is 28.8. The van der Waals surface area contributed by atoms with Gasteiger partial charge in [-0.25, -0.2) is 4.79 Å². The first-order valence-corrected chi connectivity index (χ1v) is 15.6. The number of piperazine rings is 1. The molecule has 1 N–H and O–H groups in total. The van der Waals surface area contributed by atoms with E-state index in [1.165, 1.54) is 46.8 Å². The zero-order valence-corrected chi connectivity index (χ0v) is 28.8. The zero-order chi connectivity index (χ0) is 35.8. The first kappa shape index (κ1) is 36.6. The molecule has 1 fully saturated rings. The van der Waals surface area contributed by atoms with Gasteiger partial charge in [-0.15, -0.1) is 0 Å². The SMILES string of the molecule is COCOc1cc2[nH]cc(-c3coc4cc(OCOC)c(OCOC)c(C(=O)OCC5CN(C)CCN5C)c4c3=O)c(=O)c2cc1OCOC. The Kier molecular flexibility index (Phi) is 12.3. The van der Waals surface area contributed by atoms with Gasteiger partial charge >= 0.3 is 5.97 Å². The summed E-state index contributed by atoms with van der Waals surface area (Å²) in [5.41, 5.74) is -1.21. The summed E-state index contributed by atoms with van der Waals surface area (Å²) in [4.78, 5) is 49.7. The van der Waals surface area contributed by atoms with E-state index in [0.717, 1.165) is 19.4 Å². The van der Waals surface area contributed by atoms with Gasteiger partial charge in [0, 0.05) is 66.4 Å². The van der Waals surface area contributed by atoms with Gasteiger partial charge < -0.3 is 56.9 Å². The Bertz CT molecular complexity index is 1930. The molecule has 2 aromatic carbocycles. The first-order valence-electron chi connectivity index (χ1n) is 15.6. The van der Waals surface area contributed by atoms with Gasteiger partial charge in [-0.05, 0) is 20.2 Å². The molecule has 0 aliphatic carbocycles. The average Bonchev–Trinajstić information content (AvgIpc) is 3.11. The van der Waals surface area contributed by atoms with Crippen LogP contribution in [0.25, 0.3) is 33.0 Å². The standard InChI is InChI=1S/C34H41N3O13/c1-36-7-8-37(2)20(13-36)14-46-34(40)30-29-27(11-28(49-18-43-5)33(30)50-19-44-6)45-15-23(32(29)39)22-12-35-24-10-26(48-17-42-4)25(47-16-41-3)9-21(24)31(22)38/h9-12,15,20H,7-8,13-14,16-19H2,1-6H3,(H,35,38). The predicted molar refractivity (Wildman–Crippen MR) is 180 cm³/mol. The lowest BCUT2D eigenvalue weighted by Crippen LogP contribution is -2.52. The molecule has 1 aliphatic heterocycles. The summed E-state index contributed by atoms with van der Waals surface area (Å²) in [6.07, 6.45) is 2.53. The number of carbonyl (C=O) groups excluding carboxylic acids is 1. The van der Waals surface area contributed by atoms with E-state index in [1.54, 1.807) is 6.07 Å². The Morgan fingerprint density at radius 3 is 2.14 bits per heavy atom. The maximum Gasteiger partial charge on any atom is 0.343 e. The molecule has 1 unspecified atom stereocenters. The molecule has 0 saturated carbocycles. The maximum atomic E-state index is 14.4. The molecule has 4 aromatic rings. The predicted octanol–water partition coefficient (Wildman–Crippen LogP) is 2.63. The summed E-state index contributed by atoms with van der Waals surface area (Å²) in [5, 5.41) is 0.0101. The van der Waals surface area contributed by atoms with Gasteiger partial charge in [0.15, 0.2) is 55.6 Å². The van der Waals surface area contributed by atoms with E-state index in [9.17, 15) is 14.4 Å². The van der Waals surface area contributed by atoms with Crippen LogP contribution in [-0.2, 0) is 23.7 Å². The number of carbonyl (C=O) groups is 1. The lowest BCUT2D eigenvalue weighted by atomic mass is 10.0. The van der Waals surface area contributed by atoms with E-state index in [1.807, 2.05) is 14.1 Å². The molecule has 1 atom stereocenters. The van der Waals surface area contributed by atoms with Crippen molar-refractivity contribution >= 4 is 27.8 Å². The lowest BCUT2D eigenvalue weighted by molar-refractivity contribution is 0.0198. The van der Waals surface area contributed by atoms with E-state index in [0.29, 0.717) is 17.8 Å². The van der Waals surface area contributed by atoms with Crippen molar-refractivity contribution in [2.24, 2.45) is 0 Å². The number of methoxy groups -OCH3 is 4. The van der Waals surface area contributed by atoms with E-state index >= 15 is 0 Å². The third-order valence-corrected chi connectivity index (χ3v) is 8.13. The average molecular weight is 700 g/mol. The highest BCUT2D eigenvalue weighted by atomic mass is 16.7. The van der Waals surface area contributed by atoms with Crippen LogP contribution in [-0.4, -0.2) is 123 Å². The van der Waals surface area contributed by atoms with Crippen molar-refractivity contribution in [2.45, 2.75) is 6.04 Å². The quantitative estimate of drug-likeness (QED) is 0.134. The number of pyridine rings is 1. The van der Waals surface area contributed by atoms with Crippen LogP contribution in [0.4, 0.5) is 0 Å². The topological polar surface area (TPSA) is 170 Å². The molecular formula is C34H41N3O13. The van der Waals surface area contributed by atoms with Gasteiger partial charge in [0.1, 0.15) is 24.0 Å². The molecule has 0 spiro atoms. The fraction of sp³-hybridized carbons (Fsp3) is 0.441. The maximum absolute atomic E-state index is 14.4. The van der Waals surface area contributed by atoms with E-state index in [-0.39, 0.29) is 90.1 Å². The monoisotopic (exact) mass is 699 g/mol. The van der Waals surface area contributed by atoms with Crippen molar-refractivity contribution in [3.8, 4) is 34.1 Å². The van der Waals surface area contributed by atoms with Crippen molar-refractivity contribution in [3.05, 3.63) is 56.7 Å². The fourth-order valence-electron chi connectivity index (χ4n) is 5.54. The Morgan fingerprint density at radius 2 is 1.46 bits per heavy atom. The van der Waals surface area contributed by atoms with Crippen LogP contribution in [0.15, 0.2) is 44.7 Å². The molecule has 16 heteroatoms. The second kappa shape index (κ2) is 16.8. The van der Waals surface area contributed by atoms with Crippen molar-refractivity contribution in [1.29, 1.82) is 0 Å². The molecule has 1 saturated heterocycles. The van der Waals surface area contributed by atoms with Gasteiger partial charge in [-0.3, -0.25) is 14.5 Å². The fourth-order valence-corrected chi connectivity index (χ4v) is 5.54. The molecule has 0 radical (unpaired) electrons. The van der Waals surface area contributed by atoms with Crippen molar-refractivity contribution in [2.75, 3.05) is 95.9 Å². The van der Waals surface area contributed by atoms with Gasteiger partial charge in [0.25, 0.3) is 0 Å². The lowest BCUT2D eigenvalue weighted by Gasteiger charge is -2.37. The van der Waals surface area contributed by atoms with Gasteiger partial charge in [0.05, 0.1) is 33.5 Å². The number of aromatic nitrogens is 1. The number of ether oxygens (including phenoxy) is 9. The number of nitrogens with zero attached hydrogens (tertiary/aromatic N) is 2. The highest BCUT2D eigenvalue weighted by molar-refractivity contribution is 6.07. The summed E-state index contributed by atoms with van der Waals surface area (Å²) in [5.74, 6) is -0.406. The Balaban J connectivity index is 1.67. The van der Waals surface area contributed by atoms with Gasteiger partial charge in [-0.2, -0.15) is 0 Å². The van der Waals surface area contributed by atoms with E-state index in [2.05, 4.69) is 14.8 Å². The Morgan fingerprint density at radius 1 is 0.820 bits per heavy atom. The van der Waals surface area contributed by atoms with Crippen LogP contribution in [0, 0.1) is 0 Å². The van der Waals surface area contributed by atoms with Crippen LogP contribution in [0.3, 0.4) is 0 Å². The van der Waals surface area contributed by atoms with Crippen molar-refractivity contribution in [1.82, 2.24) is 14.8 Å². The number of nitrogens with one attached hydrogen (secondary N) is 1. The van der Waals surface area contributed by atoms with Gasteiger partial charge in [0.2, 0.25) is 5.43 Å². The van der Waals surface area contributed by atoms with Crippen LogP contribution in [0.1, 0.15) is 10.4 Å². The minimum Gasteiger partial charge on any atom is -0.464 e. The third-order valence-electron chi connectivity index (χ3n) is 8.13. The largest absolute Gasteiger partial charge is 0.464 e. The normalized spacial score (nSPS) is 15.4. The molecule has 3 heterocycles. The molecular weight excluding hydrogens is 658 g/mol. The number of aromatic amines is 1. The molecule has 2 aromatic heterocycles. The summed E-state index contributed by atoms with van der Waals surface area (Å²) in [6.45, 7) is 1.70. The third kappa shape index (κ3) is 7.85. The minimum absolute atomic E-state index is 0.0107. The molecule has 0 bridgehead atoms. The number of benzene rings is 2. The summed E-state index contributed by atoms with van der Waals surface area (Å²) in [7, 11) is 9.70. The number of hydrogen-bond acceptors (Lipinski definition) is 15. The summed E-state index contributed by atoms with van der Waals surface area (Å²) >= 11 is 0. The van der Waals surface area contributed by atoms with E-state index in [4.69, 9.17) is 47.0 Å². The number of esters is 1. The molecule has 5 rings (SSSR count). The smallest absolute Gasteiger partial charge is 0.343 e. The number of likely N-dealkylation sites (N-methyl/N-ethyl adjacent to an activating group) is 2. The molecule has 50 heavy (non-hydrogen) atoms. The van der Waals surface area contributed by atoms with E-state index < -0.39 is 16.8 Å². The molecule has 270 valence electrons. The molecule has 1 aliphatic rings. The van der Waals surface area contributed by atoms with Crippen LogP contribution < -0.4 is 29.8 Å². The second-order valence-electron chi connectivity index (χ2n) is 11.5. The van der Waals surface area contributed by atoms with Crippen LogP contribution in [0.2, 0.25) is 0 Å². The summed E-state index contributed by atoms with van der Waals surface area (Å²) in [6, 6.07) is 4.35. The summed E-state index contributed by atoms with van der Waals surface area (Å²) < 4.78 is 54.8. The van der Waals surface area contributed by atoms with Crippen molar-refractivity contribution < 1.29 is 51.8 Å². The molecule has 0 amide bonds. The van der Waals surface area contributed by atoms with Crippen LogP contribution in [0.5, 0.6) is 23.0 Å². The minimum atomic E-state index is -0.856. The van der Waals surface area contributed by atoms with Gasteiger partial charge in [-0.1, -0.05) is 0 Å². The Labute approximate surface area is 287 Å².